The van der Waals surface area contributed by atoms with E-state index in [2.05, 4.69) is 0 Å². The second-order valence-corrected chi connectivity index (χ2v) is 4.32. The maximum atomic E-state index is 10.5. The second kappa shape index (κ2) is 7.07. The lowest BCUT2D eigenvalue weighted by Crippen LogP contribution is -2.06. The zero-order valence-corrected chi connectivity index (χ0v) is 11.7. The van der Waals surface area contributed by atoms with Crippen LogP contribution in [-0.2, 0) is 14.3 Å². The molecule has 1 aromatic rings. The molecule has 19 heavy (non-hydrogen) atoms. The molecular formula is C15H20O4. The predicted octanol–water partition coefficient (Wildman–Crippen LogP) is 3.20. The summed E-state index contributed by atoms with van der Waals surface area (Å²) in [5, 5.41) is 8.65. The molecule has 0 fully saturated rings. The zero-order valence-electron chi connectivity index (χ0n) is 11.7. The first-order valence-corrected chi connectivity index (χ1v) is 6.10. The molecule has 2 unspecified atom stereocenters. The van der Waals surface area contributed by atoms with Crippen molar-refractivity contribution in [2.24, 2.45) is 0 Å². The summed E-state index contributed by atoms with van der Waals surface area (Å²) in [7, 11) is 3.30. The third kappa shape index (κ3) is 4.19. The summed E-state index contributed by atoms with van der Waals surface area (Å²) >= 11 is 0. The van der Waals surface area contributed by atoms with Crippen molar-refractivity contribution in [1.82, 2.24) is 0 Å². The van der Waals surface area contributed by atoms with Crippen LogP contribution in [0.25, 0.3) is 6.08 Å². The predicted molar refractivity (Wildman–Crippen MR) is 74.0 cm³/mol. The Bertz CT molecular complexity index is 465. The Labute approximate surface area is 113 Å². The number of carboxylic acids is 1. The first-order chi connectivity index (χ1) is 8.99. The molecule has 0 aliphatic heterocycles. The van der Waals surface area contributed by atoms with Gasteiger partial charge in [-0.15, -0.1) is 0 Å². The summed E-state index contributed by atoms with van der Waals surface area (Å²) in [5.41, 5.74) is 2.88. The van der Waals surface area contributed by atoms with E-state index in [0.717, 1.165) is 22.8 Å². The van der Waals surface area contributed by atoms with E-state index in [0.29, 0.717) is 0 Å². The van der Waals surface area contributed by atoms with Gasteiger partial charge in [-0.3, -0.25) is 0 Å². The van der Waals surface area contributed by atoms with Crippen molar-refractivity contribution in [3.63, 3.8) is 0 Å². The molecule has 0 spiro atoms. The summed E-state index contributed by atoms with van der Waals surface area (Å²) in [6, 6.07) is 5.75. The molecule has 0 saturated carbocycles. The number of carbonyl (C=O) groups is 1. The van der Waals surface area contributed by atoms with Gasteiger partial charge in [-0.2, -0.15) is 0 Å². The molecule has 2 atom stereocenters. The van der Waals surface area contributed by atoms with E-state index in [1.807, 2.05) is 32.0 Å². The van der Waals surface area contributed by atoms with Crippen LogP contribution in [-0.4, -0.2) is 25.3 Å². The Morgan fingerprint density at radius 3 is 2.26 bits per heavy atom. The second-order valence-electron chi connectivity index (χ2n) is 4.32. The standard InChI is InChI=1S/C15H20O4/c1-10(18-3)13-7-5-12(6-8-15(16)17)9-14(13)11(2)19-4/h5-11H,1-4H3,(H,16,17)/b8-6+. The zero-order chi connectivity index (χ0) is 14.4. The largest absolute Gasteiger partial charge is 0.478 e. The average molecular weight is 264 g/mol. The lowest BCUT2D eigenvalue weighted by molar-refractivity contribution is -0.131. The molecule has 1 N–H and O–H groups in total. The molecule has 1 rings (SSSR count). The molecule has 4 heteroatoms. The molecule has 0 bridgehead atoms. The minimum Gasteiger partial charge on any atom is -0.478 e. The maximum Gasteiger partial charge on any atom is 0.328 e. The minimum absolute atomic E-state index is 0.0369. The number of benzene rings is 1. The number of hydrogen-bond donors (Lipinski definition) is 1. The van der Waals surface area contributed by atoms with Gasteiger partial charge in [0.1, 0.15) is 0 Å². The number of methoxy groups -OCH3 is 2. The van der Waals surface area contributed by atoms with Crippen molar-refractivity contribution in [3.05, 3.63) is 41.0 Å². The third-order valence-corrected chi connectivity index (χ3v) is 3.11. The molecule has 0 saturated heterocycles. The lowest BCUT2D eigenvalue weighted by atomic mass is 9.96. The van der Waals surface area contributed by atoms with E-state index < -0.39 is 5.97 Å². The van der Waals surface area contributed by atoms with Crippen LogP contribution in [0.4, 0.5) is 0 Å². The summed E-state index contributed by atoms with van der Waals surface area (Å²) in [6.07, 6.45) is 2.57. The molecule has 4 nitrogen and oxygen atoms in total. The fourth-order valence-corrected chi connectivity index (χ4v) is 1.84. The first-order valence-electron chi connectivity index (χ1n) is 6.10. The number of carboxylic acid groups (broad SMARTS) is 1. The van der Waals surface area contributed by atoms with Crippen LogP contribution in [0.2, 0.25) is 0 Å². The molecule has 1 aromatic carbocycles. The van der Waals surface area contributed by atoms with Crippen molar-refractivity contribution in [1.29, 1.82) is 0 Å². The van der Waals surface area contributed by atoms with Crippen molar-refractivity contribution < 1.29 is 19.4 Å². The van der Waals surface area contributed by atoms with Gasteiger partial charge in [0.15, 0.2) is 0 Å². The van der Waals surface area contributed by atoms with E-state index in [1.165, 1.54) is 0 Å². The highest BCUT2D eigenvalue weighted by Gasteiger charge is 2.15. The van der Waals surface area contributed by atoms with Crippen molar-refractivity contribution >= 4 is 12.0 Å². The Kier molecular flexibility index (Phi) is 5.73. The Balaban J connectivity index is 3.18. The van der Waals surface area contributed by atoms with Crippen LogP contribution >= 0.6 is 0 Å². The molecule has 0 aliphatic carbocycles. The summed E-state index contributed by atoms with van der Waals surface area (Å²) in [4.78, 5) is 10.5. The number of aliphatic carboxylic acids is 1. The normalized spacial score (nSPS) is 14.5. The van der Waals surface area contributed by atoms with Crippen LogP contribution in [0.1, 0.15) is 42.7 Å². The molecule has 0 aromatic heterocycles. The highest BCUT2D eigenvalue weighted by atomic mass is 16.5. The Morgan fingerprint density at radius 2 is 1.74 bits per heavy atom. The van der Waals surface area contributed by atoms with Gasteiger partial charge in [0.05, 0.1) is 12.2 Å². The maximum absolute atomic E-state index is 10.5. The van der Waals surface area contributed by atoms with Crippen LogP contribution in [0.5, 0.6) is 0 Å². The van der Waals surface area contributed by atoms with Gasteiger partial charge in [-0.1, -0.05) is 12.1 Å². The van der Waals surface area contributed by atoms with E-state index >= 15 is 0 Å². The summed E-state index contributed by atoms with van der Waals surface area (Å²) < 4.78 is 10.7. The molecule has 0 heterocycles. The Hall–Kier alpha value is -1.65. The van der Waals surface area contributed by atoms with Gasteiger partial charge < -0.3 is 14.6 Å². The summed E-state index contributed by atoms with van der Waals surface area (Å²) in [6.45, 7) is 3.92. The molecule has 0 radical (unpaired) electrons. The fourth-order valence-electron chi connectivity index (χ4n) is 1.84. The van der Waals surface area contributed by atoms with Gasteiger partial charge in [-0.05, 0) is 42.7 Å². The Morgan fingerprint density at radius 1 is 1.16 bits per heavy atom. The van der Waals surface area contributed by atoms with E-state index in [9.17, 15) is 4.79 Å². The van der Waals surface area contributed by atoms with Gasteiger partial charge >= 0.3 is 5.97 Å². The van der Waals surface area contributed by atoms with Crippen LogP contribution in [0, 0.1) is 0 Å². The summed E-state index contributed by atoms with van der Waals surface area (Å²) in [5.74, 6) is -0.962. The number of hydrogen-bond acceptors (Lipinski definition) is 3. The number of rotatable bonds is 6. The van der Waals surface area contributed by atoms with Crippen molar-refractivity contribution in [2.45, 2.75) is 26.1 Å². The smallest absolute Gasteiger partial charge is 0.328 e. The van der Waals surface area contributed by atoms with Gasteiger partial charge in [0.25, 0.3) is 0 Å². The van der Waals surface area contributed by atoms with Gasteiger partial charge in [0.2, 0.25) is 0 Å². The van der Waals surface area contributed by atoms with E-state index in [1.54, 1.807) is 20.3 Å². The SMILES string of the molecule is COC(C)c1ccc(/C=C/C(=O)O)cc1C(C)OC. The molecule has 0 aliphatic rings. The third-order valence-electron chi connectivity index (χ3n) is 3.11. The van der Waals surface area contributed by atoms with Crippen LogP contribution in [0.3, 0.4) is 0 Å². The molecular weight excluding hydrogens is 244 g/mol. The van der Waals surface area contributed by atoms with Crippen molar-refractivity contribution in [2.75, 3.05) is 14.2 Å². The first kappa shape index (κ1) is 15.4. The lowest BCUT2D eigenvalue weighted by Gasteiger charge is -2.19. The van der Waals surface area contributed by atoms with Crippen LogP contribution in [0.15, 0.2) is 24.3 Å². The van der Waals surface area contributed by atoms with Crippen molar-refractivity contribution in [3.8, 4) is 0 Å². The monoisotopic (exact) mass is 264 g/mol. The minimum atomic E-state index is -0.962. The van der Waals surface area contributed by atoms with E-state index in [-0.39, 0.29) is 12.2 Å². The fraction of sp³-hybridized carbons (Fsp3) is 0.400. The van der Waals surface area contributed by atoms with Gasteiger partial charge in [0, 0.05) is 20.3 Å². The molecule has 0 amide bonds. The number of ether oxygens (including phenoxy) is 2. The average Bonchev–Trinajstić information content (AvgIpc) is 2.43. The van der Waals surface area contributed by atoms with E-state index in [4.69, 9.17) is 14.6 Å². The molecule has 104 valence electrons. The highest BCUT2D eigenvalue weighted by Crippen LogP contribution is 2.28. The topological polar surface area (TPSA) is 55.8 Å². The van der Waals surface area contributed by atoms with Crippen LogP contribution < -0.4 is 0 Å². The van der Waals surface area contributed by atoms with Gasteiger partial charge in [-0.25, -0.2) is 4.79 Å². The highest BCUT2D eigenvalue weighted by molar-refractivity contribution is 5.85. The quantitative estimate of drug-likeness (QED) is 0.802.